The van der Waals surface area contributed by atoms with Crippen molar-refractivity contribution in [3.05, 3.63) is 29.3 Å². The predicted octanol–water partition coefficient (Wildman–Crippen LogP) is 3.12. The number of benzene rings is 1. The number of nitrogens with one attached hydrogen (secondary N) is 1. The van der Waals surface area contributed by atoms with Crippen molar-refractivity contribution in [2.45, 2.75) is 84.7 Å². The van der Waals surface area contributed by atoms with E-state index in [4.69, 9.17) is 5.73 Å². The Hall–Kier alpha value is -2.94. The van der Waals surface area contributed by atoms with Crippen LogP contribution in [-0.4, -0.2) is 70.2 Å². The Morgan fingerprint density at radius 1 is 1.14 bits per heavy atom. The number of nitrogens with two attached hydrogens (primary N) is 1. The number of ketones is 1. The molecule has 4 N–H and O–H groups in total. The molecule has 2 rings (SSSR count). The Balaban J connectivity index is 1.98. The van der Waals surface area contributed by atoms with Gasteiger partial charge >= 0.3 is 0 Å². The van der Waals surface area contributed by atoms with Crippen LogP contribution in [0.3, 0.4) is 0 Å². The number of Topliss-reactive ketones (excluding diaryl/α,β-unsaturated/α-hetero) is 1. The van der Waals surface area contributed by atoms with Crippen LogP contribution in [-0.2, 0) is 16.1 Å². The fraction of sp³-hybridized carbons (Fsp3) is 0.630. The van der Waals surface area contributed by atoms with Crippen molar-refractivity contribution in [1.29, 1.82) is 0 Å². The first-order valence-electron chi connectivity index (χ1n) is 13.0. The first-order chi connectivity index (χ1) is 17.1. The van der Waals surface area contributed by atoms with E-state index >= 15 is 0 Å². The highest BCUT2D eigenvalue weighted by Gasteiger charge is 2.24. The van der Waals surface area contributed by atoms with E-state index in [-0.39, 0.29) is 61.6 Å². The lowest BCUT2D eigenvalue weighted by Crippen LogP contribution is -2.50. The molecular formula is C27H43N5O4. The maximum Gasteiger partial charge on any atom is 0.240 e. The SMILES string of the molecule is CCCCCCN(CCO)C(=O)CCC(=O)c1ccc2c(c1)CN(CC(=O)NC(C)(C)CC)C(N)=N2. The summed E-state index contributed by atoms with van der Waals surface area (Å²) in [6, 6.07) is 5.22. The number of nitrogens with zero attached hydrogens (tertiary/aromatic N) is 3. The van der Waals surface area contributed by atoms with Crippen LogP contribution in [0, 0.1) is 0 Å². The zero-order valence-corrected chi connectivity index (χ0v) is 22.3. The molecule has 200 valence electrons. The van der Waals surface area contributed by atoms with E-state index in [1.54, 1.807) is 28.0 Å². The van der Waals surface area contributed by atoms with Gasteiger partial charge in [0.1, 0.15) is 6.54 Å². The smallest absolute Gasteiger partial charge is 0.240 e. The van der Waals surface area contributed by atoms with E-state index in [0.29, 0.717) is 24.3 Å². The van der Waals surface area contributed by atoms with Crippen LogP contribution < -0.4 is 11.1 Å². The Kier molecular flexibility index (Phi) is 11.4. The highest BCUT2D eigenvalue weighted by Crippen LogP contribution is 2.27. The lowest BCUT2D eigenvalue weighted by molar-refractivity contribution is -0.131. The van der Waals surface area contributed by atoms with Crippen molar-refractivity contribution in [1.82, 2.24) is 15.1 Å². The number of carbonyl (C=O) groups excluding carboxylic acids is 3. The summed E-state index contributed by atoms with van der Waals surface area (Å²) < 4.78 is 0. The number of aliphatic imine (C=N–C) groups is 1. The second-order valence-corrected chi connectivity index (χ2v) is 10.0. The lowest BCUT2D eigenvalue weighted by atomic mass is 10.0. The number of hydrogen-bond donors (Lipinski definition) is 3. The van der Waals surface area contributed by atoms with Gasteiger partial charge in [-0.1, -0.05) is 33.1 Å². The molecule has 0 unspecified atom stereocenters. The minimum atomic E-state index is -0.310. The highest BCUT2D eigenvalue weighted by atomic mass is 16.3. The van der Waals surface area contributed by atoms with Gasteiger partial charge in [-0.2, -0.15) is 0 Å². The van der Waals surface area contributed by atoms with Gasteiger partial charge in [-0.05, 0) is 50.5 Å². The number of unbranched alkanes of at least 4 members (excludes halogenated alkanes) is 3. The molecule has 0 atom stereocenters. The summed E-state index contributed by atoms with van der Waals surface area (Å²) in [6.07, 6.45) is 5.17. The second-order valence-electron chi connectivity index (χ2n) is 10.0. The molecule has 1 aromatic rings. The van der Waals surface area contributed by atoms with Crippen LogP contribution in [0.1, 0.15) is 88.6 Å². The molecule has 2 amide bonds. The van der Waals surface area contributed by atoms with Crippen molar-refractivity contribution in [3.63, 3.8) is 0 Å². The number of hydrogen-bond acceptors (Lipinski definition) is 7. The summed E-state index contributed by atoms with van der Waals surface area (Å²) in [6.45, 7) is 9.31. The van der Waals surface area contributed by atoms with Crippen molar-refractivity contribution in [2.75, 3.05) is 26.2 Å². The normalized spacial score (nSPS) is 13.1. The topological polar surface area (TPSA) is 128 Å². The molecule has 0 radical (unpaired) electrons. The van der Waals surface area contributed by atoms with E-state index in [1.807, 2.05) is 20.8 Å². The Labute approximate surface area is 215 Å². The summed E-state index contributed by atoms with van der Waals surface area (Å²) in [5.74, 6) is -0.120. The first-order valence-corrected chi connectivity index (χ1v) is 13.0. The van der Waals surface area contributed by atoms with Gasteiger partial charge in [0.15, 0.2) is 11.7 Å². The van der Waals surface area contributed by atoms with Gasteiger partial charge in [0, 0.05) is 43.6 Å². The van der Waals surface area contributed by atoms with Gasteiger partial charge in [-0.25, -0.2) is 4.99 Å². The predicted molar refractivity (Wildman–Crippen MR) is 142 cm³/mol. The maximum atomic E-state index is 12.9. The van der Waals surface area contributed by atoms with Crippen LogP contribution in [0.2, 0.25) is 0 Å². The molecule has 9 nitrogen and oxygen atoms in total. The van der Waals surface area contributed by atoms with Gasteiger partial charge < -0.3 is 26.0 Å². The van der Waals surface area contributed by atoms with Gasteiger partial charge in [0.05, 0.1) is 12.3 Å². The number of aliphatic hydroxyl groups excluding tert-OH is 1. The van der Waals surface area contributed by atoms with E-state index < -0.39 is 0 Å². The Morgan fingerprint density at radius 2 is 1.89 bits per heavy atom. The lowest BCUT2D eigenvalue weighted by Gasteiger charge is -2.30. The van der Waals surface area contributed by atoms with Crippen LogP contribution in [0.4, 0.5) is 5.69 Å². The molecule has 0 aliphatic carbocycles. The zero-order chi connectivity index (χ0) is 26.7. The van der Waals surface area contributed by atoms with Crippen LogP contribution in [0.15, 0.2) is 23.2 Å². The fourth-order valence-electron chi connectivity index (χ4n) is 4.03. The summed E-state index contributed by atoms with van der Waals surface area (Å²) in [5, 5.41) is 12.3. The van der Waals surface area contributed by atoms with E-state index in [0.717, 1.165) is 37.7 Å². The van der Waals surface area contributed by atoms with Gasteiger partial charge in [-0.3, -0.25) is 14.4 Å². The van der Waals surface area contributed by atoms with E-state index in [2.05, 4.69) is 17.2 Å². The number of aliphatic hydroxyl groups is 1. The number of rotatable bonds is 15. The zero-order valence-electron chi connectivity index (χ0n) is 22.3. The number of carbonyl (C=O) groups is 3. The number of guanidine groups is 1. The molecular weight excluding hydrogens is 458 g/mol. The minimum Gasteiger partial charge on any atom is -0.395 e. The Bertz CT molecular complexity index is 944. The number of amides is 2. The molecule has 1 heterocycles. The quantitative estimate of drug-likeness (QED) is 0.250. The minimum absolute atomic E-state index is 0.0732. The molecule has 0 spiro atoms. The molecule has 1 aliphatic heterocycles. The van der Waals surface area contributed by atoms with Crippen LogP contribution >= 0.6 is 0 Å². The highest BCUT2D eigenvalue weighted by molar-refractivity contribution is 5.99. The third kappa shape index (κ3) is 8.93. The average molecular weight is 502 g/mol. The monoisotopic (exact) mass is 501 g/mol. The van der Waals surface area contributed by atoms with Crippen molar-refractivity contribution >= 4 is 29.2 Å². The van der Waals surface area contributed by atoms with Gasteiger partial charge in [0.25, 0.3) is 0 Å². The summed E-state index contributed by atoms with van der Waals surface area (Å²) in [5.41, 5.74) is 7.77. The largest absolute Gasteiger partial charge is 0.395 e. The Morgan fingerprint density at radius 3 is 2.56 bits per heavy atom. The molecule has 0 aromatic heterocycles. The molecule has 0 fully saturated rings. The first kappa shape index (κ1) is 29.3. The summed E-state index contributed by atoms with van der Waals surface area (Å²) in [4.78, 5) is 45.8. The second kappa shape index (κ2) is 14.0. The number of fused-ring (bicyclic) bond motifs is 1. The maximum absolute atomic E-state index is 12.9. The van der Waals surface area contributed by atoms with Crippen LogP contribution in [0.25, 0.3) is 0 Å². The third-order valence-electron chi connectivity index (χ3n) is 6.59. The van der Waals surface area contributed by atoms with E-state index in [1.165, 1.54) is 0 Å². The third-order valence-corrected chi connectivity index (χ3v) is 6.59. The summed E-state index contributed by atoms with van der Waals surface area (Å²) >= 11 is 0. The van der Waals surface area contributed by atoms with E-state index in [9.17, 15) is 19.5 Å². The standard InChI is InChI=1S/C27H43N5O4/c1-5-7-8-9-14-31(15-16-33)25(36)13-12-23(34)20-10-11-22-21(17-20)18-32(26(28)29-22)19-24(35)30-27(3,4)6-2/h10-11,17,33H,5-9,12-16,18-19H2,1-4H3,(H2,28,29)(H,30,35). The molecule has 0 bridgehead atoms. The molecule has 1 aliphatic rings. The average Bonchev–Trinajstić information content (AvgIpc) is 2.84. The molecule has 9 heteroatoms. The van der Waals surface area contributed by atoms with Crippen LogP contribution in [0.5, 0.6) is 0 Å². The fourth-order valence-corrected chi connectivity index (χ4v) is 4.03. The molecule has 0 saturated carbocycles. The molecule has 1 aromatic carbocycles. The summed E-state index contributed by atoms with van der Waals surface area (Å²) in [7, 11) is 0. The van der Waals surface area contributed by atoms with Gasteiger partial charge in [0.2, 0.25) is 11.8 Å². The molecule has 0 saturated heterocycles. The van der Waals surface area contributed by atoms with Crippen molar-refractivity contribution in [3.8, 4) is 0 Å². The van der Waals surface area contributed by atoms with Crippen molar-refractivity contribution < 1.29 is 19.5 Å². The van der Waals surface area contributed by atoms with Crippen molar-refractivity contribution in [2.24, 2.45) is 10.7 Å². The molecule has 36 heavy (non-hydrogen) atoms. The van der Waals surface area contributed by atoms with Gasteiger partial charge in [-0.15, -0.1) is 0 Å².